The normalized spacial score (nSPS) is 24.1. The number of benzene rings is 1. The maximum absolute atomic E-state index is 5.77. The summed E-state index contributed by atoms with van der Waals surface area (Å²) in [5.74, 6) is 0.634. The van der Waals surface area contributed by atoms with Crippen molar-refractivity contribution in [3.05, 3.63) is 34.4 Å². The Morgan fingerprint density at radius 2 is 1.90 bits per heavy atom. The molecule has 1 heterocycles. The largest absolute Gasteiger partial charge is 0.378 e. The van der Waals surface area contributed by atoms with Crippen LogP contribution in [0.15, 0.2) is 12.1 Å². The van der Waals surface area contributed by atoms with Crippen molar-refractivity contribution in [2.24, 2.45) is 5.92 Å². The minimum Gasteiger partial charge on any atom is -0.378 e. The van der Waals surface area contributed by atoms with Crippen LogP contribution in [0, 0.1) is 26.7 Å². The van der Waals surface area contributed by atoms with Crippen molar-refractivity contribution in [2.45, 2.75) is 59.6 Å². The van der Waals surface area contributed by atoms with Crippen LogP contribution >= 0.6 is 0 Å². The van der Waals surface area contributed by atoms with Crippen LogP contribution in [0.5, 0.6) is 0 Å². The van der Waals surface area contributed by atoms with Crippen LogP contribution in [-0.2, 0) is 11.2 Å². The van der Waals surface area contributed by atoms with Gasteiger partial charge in [0.25, 0.3) is 0 Å². The molecule has 2 rings (SSSR count). The first kappa shape index (κ1) is 15.5. The summed E-state index contributed by atoms with van der Waals surface area (Å²) in [7, 11) is 0. The van der Waals surface area contributed by atoms with Crippen LogP contribution in [0.3, 0.4) is 0 Å². The fourth-order valence-corrected chi connectivity index (χ4v) is 3.67. The lowest BCUT2D eigenvalue weighted by atomic mass is 9.86. The molecule has 0 saturated carbocycles. The standard InChI is InChI=1S/C18H29NO/c1-6-19-18(16-7-8-20-15(16)5)11-17-13(3)9-12(2)10-14(17)4/h9-10,15-16,18-19H,6-8,11H2,1-5H3. The second-order valence-electron chi connectivity index (χ2n) is 6.27. The van der Waals surface area contributed by atoms with E-state index in [1.54, 1.807) is 0 Å². The molecule has 0 spiro atoms. The van der Waals surface area contributed by atoms with Gasteiger partial charge in [-0.15, -0.1) is 0 Å². The quantitative estimate of drug-likeness (QED) is 0.887. The second kappa shape index (κ2) is 6.73. The van der Waals surface area contributed by atoms with Gasteiger partial charge >= 0.3 is 0 Å². The molecule has 0 aromatic heterocycles. The van der Waals surface area contributed by atoms with E-state index in [9.17, 15) is 0 Å². The van der Waals surface area contributed by atoms with Crippen molar-refractivity contribution in [1.82, 2.24) is 5.32 Å². The lowest BCUT2D eigenvalue weighted by Crippen LogP contribution is -2.41. The maximum Gasteiger partial charge on any atom is 0.0590 e. The molecule has 1 aliphatic heterocycles. The monoisotopic (exact) mass is 275 g/mol. The fraction of sp³-hybridized carbons (Fsp3) is 0.667. The summed E-state index contributed by atoms with van der Waals surface area (Å²) < 4.78 is 5.77. The molecular weight excluding hydrogens is 246 g/mol. The zero-order valence-electron chi connectivity index (χ0n) is 13.6. The number of likely N-dealkylation sites (N-methyl/N-ethyl adjacent to an activating group) is 1. The number of rotatable bonds is 5. The summed E-state index contributed by atoms with van der Waals surface area (Å²) in [6.45, 7) is 13.0. The molecule has 0 radical (unpaired) electrons. The molecule has 1 saturated heterocycles. The Labute approximate surface area is 123 Å². The van der Waals surface area contributed by atoms with E-state index in [0.717, 1.165) is 19.6 Å². The average Bonchev–Trinajstić information content (AvgIpc) is 2.78. The fourth-order valence-electron chi connectivity index (χ4n) is 3.67. The molecule has 1 N–H and O–H groups in total. The van der Waals surface area contributed by atoms with Crippen LogP contribution in [-0.4, -0.2) is 25.3 Å². The van der Waals surface area contributed by atoms with E-state index in [1.165, 1.54) is 28.7 Å². The van der Waals surface area contributed by atoms with Gasteiger partial charge in [-0.1, -0.05) is 24.6 Å². The SMILES string of the molecule is CCNC(Cc1c(C)cc(C)cc1C)C1CCOC1C. The number of ether oxygens (including phenoxy) is 1. The van der Waals surface area contributed by atoms with Crippen LogP contribution < -0.4 is 5.32 Å². The Balaban J connectivity index is 2.20. The van der Waals surface area contributed by atoms with Crippen molar-refractivity contribution in [3.8, 4) is 0 Å². The van der Waals surface area contributed by atoms with E-state index < -0.39 is 0 Å². The third kappa shape index (κ3) is 3.42. The van der Waals surface area contributed by atoms with Gasteiger partial charge in [-0.3, -0.25) is 0 Å². The number of nitrogens with one attached hydrogen (secondary N) is 1. The van der Waals surface area contributed by atoms with E-state index >= 15 is 0 Å². The molecule has 2 heteroatoms. The lowest BCUT2D eigenvalue weighted by molar-refractivity contribution is 0.0955. The molecule has 20 heavy (non-hydrogen) atoms. The summed E-state index contributed by atoms with van der Waals surface area (Å²) in [5, 5.41) is 3.69. The van der Waals surface area contributed by atoms with Crippen molar-refractivity contribution in [2.75, 3.05) is 13.2 Å². The molecule has 112 valence electrons. The summed E-state index contributed by atoms with van der Waals surface area (Å²) in [6, 6.07) is 5.14. The minimum absolute atomic E-state index is 0.380. The topological polar surface area (TPSA) is 21.3 Å². The molecule has 1 aromatic carbocycles. The van der Waals surface area contributed by atoms with Crippen molar-refractivity contribution in [3.63, 3.8) is 0 Å². The minimum atomic E-state index is 0.380. The Morgan fingerprint density at radius 3 is 2.40 bits per heavy atom. The van der Waals surface area contributed by atoms with Gasteiger partial charge in [0.1, 0.15) is 0 Å². The number of hydrogen-bond acceptors (Lipinski definition) is 2. The van der Waals surface area contributed by atoms with Crippen molar-refractivity contribution < 1.29 is 4.74 Å². The van der Waals surface area contributed by atoms with Crippen molar-refractivity contribution in [1.29, 1.82) is 0 Å². The van der Waals surface area contributed by atoms with Gasteiger partial charge in [0.15, 0.2) is 0 Å². The average molecular weight is 275 g/mol. The smallest absolute Gasteiger partial charge is 0.0590 e. The molecular formula is C18H29NO. The Bertz CT molecular complexity index is 432. The molecule has 1 fully saturated rings. The third-order valence-corrected chi connectivity index (χ3v) is 4.68. The van der Waals surface area contributed by atoms with E-state index in [4.69, 9.17) is 4.74 Å². The highest BCUT2D eigenvalue weighted by atomic mass is 16.5. The van der Waals surface area contributed by atoms with E-state index in [-0.39, 0.29) is 0 Å². The maximum atomic E-state index is 5.77. The molecule has 0 bridgehead atoms. The van der Waals surface area contributed by atoms with Gasteiger partial charge < -0.3 is 10.1 Å². The third-order valence-electron chi connectivity index (χ3n) is 4.68. The molecule has 0 amide bonds. The zero-order valence-corrected chi connectivity index (χ0v) is 13.6. The summed E-state index contributed by atoms with van der Waals surface area (Å²) in [4.78, 5) is 0. The highest BCUT2D eigenvalue weighted by Crippen LogP contribution is 2.28. The molecule has 1 aromatic rings. The van der Waals surface area contributed by atoms with Crippen LogP contribution in [0.1, 0.15) is 42.5 Å². The number of hydrogen-bond donors (Lipinski definition) is 1. The van der Waals surface area contributed by atoms with Gasteiger partial charge in [0, 0.05) is 18.6 Å². The van der Waals surface area contributed by atoms with Gasteiger partial charge in [0.2, 0.25) is 0 Å². The zero-order chi connectivity index (χ0) is 14.7. The molecule has 2 nitrogen and oxygen atoms in total. The van der Waals surface area contributed by atoms with Crippen molar-refractivity contribution >= 4 is 0 Å². The van der Waals surface area contributed by atoms with Crippen LogP contribution in [0.4, 0.5) is 0 Å². The molecule has 0 aliphatic carbocycles. The summed E-state index contributed by atoms with van der Waals surface area (Å²) >= 11 is 0. The second-order valence-corrected chi connectivity index (χ2v) is 6.27. The Hall–Kier alpha value is -0.860. The van der Waals surface area contributed by atoms with E-state index in [0.29, 0.717) is 18.1 Å². The van der Waals surface area contributed by atoms with E-state index in [2.05, 4.69) is 52.1 Å². The molecule has 3 atom stereocenters. The first-order valence-electron chi connectivity index (χ1n) is 7.94. The van der Waals surface area contributed by atoms with Gasteiger partial charge in [-0.25, -0.2) is 0 Å². The predicted octanol–water partition coefficient (Wildman–Crippen LogP) is 3.56. The van der Waals surface area contributed by atoms with Crippen LogP contribution in [0.2, 0.25) is 0 Å². The first-order valence-corrected chi connectivity index (χ1v) is 7.94. The first-order chi connectivity index (χ1) is 9.52. The lowest BCUT2D eigenvalue weighted by Gasteiger charge is -2.28. The van der Waals surface area contributed by atoms with Gasteiger partial charge in [-0.2, -0.15) is 0 Å². The Morgan fingerprint density at radius 1 is 1.25 bits per heavy atom. The van der Waals surface area contributed by atoms with Gasteiger partial charge in [0.05, 0.1) is 6.10 Å². The Kier molecular flexibility index (Phi) is 5.22. The summed E-state index contributed by atoms with van der Waals surface area (Å²) in [5.41, 5.74) is 5.73. The number of aryl methyl sites for hydroxylation is 3. The highest BCUT2D eigenvalue weighted by Gasteiger charge is 2.31. The molecule has 3 unspecified atom stereocenters. The highest BCUT2D eigenvalue weighted by molar-refractivity contribution is 5.38. The predicted molar refractivity (Wildman–Crippen MR) is 85.3 cm³/mol. The molecule has 1 aliphatic rings. The van der Waals surface area contributed by atoms with Gasteiger partial charge in [-0.05, 0) is 63.8 Å². The summed E-state index contributed by atoms with van der Waals surface area (Å²) in [6.07, 6.45) is 2.68. The van der Waals surface area contributed by atoms with E-state index in [1.807, 2.05) is 0 Å². The van der Waals surface area contributed by atoms with Crippen LogP contribution in [0.25, 0.3) is 0 Å².